The Balaban J connectivity index is 2.20. The Kier molecular flexibility index (Phi) is 4.01. The molecule has 0 amide bonds. The fourth-order valence-electron chi connectivity index (χ4n) is 2.08. The van der Waals surface area contributed by atoms with Crippen molar-refractivity contribution in [2.24, 2.45) is 0 Å². The number of benzene rings is 2. The quantitative estimate of drug-likeness (QED) is 0.696. The Bertz CT molecular complexity index is 977. The molecule has 0 aromatic heterocycles. The van der Waals surface area contributed by atoms with Crippen LogP contribution in [0.25, 0.3) is 0 Å². The number of hydrogen-bond donors (Lipinski definition) is 1. The molecule has 2 aromatic carbocycles. The summed E-state index contributed by atoms with van der Waals surface area (Å²) in [5.41, 5.74) is 0.693. The SMILES string of the molecule is [2H]C([2H])([2H])Oc1ccc(C([2H])([2H])C([2H])([2H])CC([2H])([2H])C(O)COc2cccc(C)c2)cc1OC. The summed E-state index contributed by atoms with van der Waals surface area (Å²) in [6.07, 6.45) is -10.8. The van der Waals surface area contributed by atoms with Gasteiger partial charge in [0.2, 0.25) is 0 Å². The second-order valence-corrected chi connectivity index (χ2v) is 5.29. The third-order valence-corrected chi connectivity index (χ3v) is 3.33. The van der Waals surface area contributed by atoms with Crippen LogP contribution in [0.1, 0.15) is 42.6 Å². The summed E-state index contributed by atoms with van der Waals surface area (Å²) in [6, 6.07) is 10.3. The second-order valence-electron chi connectivity index (χ2n) is 5.29. The monoisotopic (exact) mass is 353 g/mol. The van der Waals surface area contributed by atoms with Gasteiger partial charge in [-0.05, 0) is 61.4 Å². The highest BCUT2D eigenvalue weighted by Crippen LogP contribution is 2.28. The van der Waals surface area contributed by atoms with E-state index >= 15 is 0 Å². The first-order chi connectivity index (χ1) is 15.5. The Morgan fingerprint density at radius 3 is 2.80 bits per heavy atom. The van der Waals surface area contributed by atoms with Gasteiger partial charge in [0, 0.05) is 8.22 Å². The van der Waals surface area contributed by atoms with E-state index in [-0.39, 0.29) is 17.1 Å². The van der Waals surface area contributed by atoms with Gasteiger partial charge in [0.25, 0.3) is 0 Å². The Morgan fingerprint density at radius 1 is 1.16 bits per heavy atom. The number of rotatable bonds is 10. The predicted octanol–water partition coefficient (Wildman–Crippen LogP) is 4.16. The lowest BCUT2D eigenvalue weighted by Crippen LogP contribution is -2.17. The van der Waals surface area contributed by atoms with Crippen molar-refractivity contribution >= 4 is 0 Å². The molecule has 0 saturated carbocycles. The molecular formula is C21H28O4. The van der Waals surface area contributed by atoms with Gasteiger partial charge < -0.3 is 19.3 Å². The number of aliphatic hydroxyl groups is 1. The van der Waals surface area contributed by atoms with E-state index < -0.39 is 45.3 Å². The van der Waals surface area contributed by atoms with Gasteiger partial charge in [-0.25, -0.2) is 0 Å². The van der Waals surface area contributed by atoms with Gasteiger partial charge in [-0.15, -0.1) is 0 Å². The average Bonchev–Trinajstić information content (AvgIpc) is 2.70. The highest BCUT2D eigenvalue weighted by molar-refractivity contribution is 5.42. The van der Waals surface area contributed by atoms with Crippen molar-refractivity contribution in [2.45, 2.75) is 38.6 Å². The maximum Gasteiger partial charge on any atom is 0.160 e. The molecule has 0 aliphatic carbocycles. The van der Waals surface area contributed by atoms with Crippen molar-refractivity contribution in [3.8, 4) is 17.2 Å². The number of aryl methyl sites for hydroxylation is 2. The van der Waals surface area contributed by atoms with Crippen molar-refractivity contribution in [3.63, 3.8) is 0 Å². The van der Waals surface area contributed by atoms with Crippen LogP contribution in [0.5, 0.6) is 17.2 Å². The maximum absolute atomic E-state index is 10.4. The first kappa shape index (κ1) is 10.1. The molecule has 4 nitrogen and oxygen atoms in total. The number of hydrogen-bond acceptors (Lipinski definition) is 4. The molecule has 136 valence electrons. The average molecular weight is 354 g/mol. The molecule has 25 heavy (non-hydrogen) atoms. The zero-order valence-corrected chi connectivity index (χ0v) is 14.2. The Labute approximate surface area is 163 Å². The van der Waals surface area contributed by atoms with E-state index in [0.29, 0.717) is 5.75 Å². The maximum atomic E-state index is 10.4. The summed E-state index contributed by atoms with van der Waals surface area (Å²) in [4.78, 5) is 0. The Morgan fingerprint density at radius 2 is 2.04 bits per heavy atom. The zero-order chi connectivity index (χ0) is 25.9. The van der Waals surface area contributed by atoms with E-state index in [2.05, 4.69) is 0 Å². The molecule has 1 N–H and O–H groups in total. The molecule has 0 spiro atoms. The van der Waals surface area contributed by atoms with Crippen LogP contribution in [0, 0.1) is 6.92 Å². The normalized spacial score (nSPS) is 19.4. The lowest BCUT2D eigenvalue weighted by atomic mass is 10.0. The standard InChI is InChI=1S/C21H28O4/c1-16-7-6-10-19(13-16)25-15-18(22)9-5-4-8-17-11-12-20(23-2)21(14-17)24-3/h6-7,10-14,18,22H,4-5,8-9,15H2,1-3H3/i2D3,4D2,8D2,9D2. The van der Waals surface area contributed by atoms with Crippen molar-refractivity contribution < 1.29 is 31.7 Å². The van der Waals surface area contributed by atoms with Crippen molar-refractivity contribution in [1.82, 2.24) is 0 Å². The first-order valence-corrected chi connectivity index (χ1v) is 7.74. The molecule has 0 radical (unpaired) electrons. The van der Waals surface area contributed by atoms with E-state index in [9.17, 15) is 5.11 Å². The molecule has 1 unspecified atom stereocenters. The highest BCUT2D eigenvalue weighted by Gasteiger charge is 2.07. The molecule has 0 fully saturated rings. The molecule has 0 aliphatic rings. The van der Waals surface area contributed by atoms with Crippen LogP contribution in [0.3, 0.4) is 0 Å². The molecule has 0 saturated heterocycles. The minimum Gasteiger partial charge on any atom is -0.493 e. The van der Waals surface area contributed by atoms with Crippen molar-refractivity contribution in [1.29, 1.82) is 0 Å². The summed E-state index contributed by atoms with van der Waals surface area (Å²) < 4.78 is 86.6. The molecule has 0 bridgehead atoms. The van der Waals surface area contributed by atoms with E-state index in [0.717, 1.165) is 23.8 Å². The van der Waals surface area contributed by atoms with Gasteiger partial charge in [0.1, 0.15) is 12.4 Å². The van der Waals surface area contributed by atoms with Crippen molar-refractivity contribution in [3.05, 3.63) is 53.6 Å². The summed E-state index contributed by atoms with van der Waals surface area (Å²) in [5, 5.41) is 10.4. The fourth-order valence-corrected chi connectivity index (χ4v) is 2.08. The van der Waals surface area contributed by atoms with Gasteiger partial charge in [0.15, 0.2) is 11.5 Å². The van der Waals surface area contributed by atoms with Gasteiger partial charge >= 0.3 is 0 Å². The molecular weight excluding hydrogens is 316 g/mol. The van der Waals surface area contributed by atoms with Gasteiger partial charge in [-0.2, -0.15) is 0 Å². The number of methoxy groups -OCH3 is 2. The molecule has 1 atom stereocenters. The summed E-state index contributed by atoms with van der Waals surface area (Å²) >= 11 is 0. The smallest absolute Gasteiger partial charge is 0.160 e. The second kappa shape index (κ2) is 9.94. The van der Waals surface area contributed by atoms with E-state index in [4.69, 9.17) is 26.5 Å². The minimum atomic E-state index is -2.78. The largest absolute Gasteiger partial charge is 0.493 e. The summed E-state index contributed by atoms with van der Waals surface area (Å²) in [7, 11) is -1.55. The van der Waals surface area contributed by atoms with Crippen LogP contribution in [-0.4, -0.2) is 32.0 Å². The lowest BCUT2D eigenvalue weighted by Gasteiger charge is -2.13. The molecule has 0 heterocycles. The van der Waals surface area contributed by atoms with Crippen LogP contribution < -0.4 is 14.2 Å². The zero-order valence-electron chi connectivity index (χ0n) is 23.2. The first-order valence-electron chi connectivity index (χ1n) is 12.2. The van der Waals surface area contributed by atoms with E-state index in [1.165, 1.54) is 7.11 Å². The van der Waals surface area contributed by atoms with Gasteiger partial charge in [-0.3, -0.25) is 0 Å². The minimum absolute atomic E-state index is 0.122. The molecule has 0 aliphatic heterocycles. The van der Waals surface area contributed by atoms with Gasteiger partial charge in [-0.1, -0.05) is 24.6 Å². The third-order valence-electron chi connectivity index (χ3n) is 3.33. The molecule has 2 rings (SSSR count). The lowest BCUT2D eigenvalue weighted by molar-refractivity contribution is 0.0976. The fraction of sp³-hybridized carbons (Fsp3) is 0.429. The number of aliphatic hydroxyl groups excluding tert-OH is 1. The summed E-state index contributed by atoms with van der Waals surface area (Å²) in [6.45, 7) is 1.39. The predicted molar refractivity (Wildman–Crippen MR) is 99.8 cm³/mol. The third kappa shape index (κ3) is 6.31. The highest BCUT2D eigenvalue weighted by atomic mass is 16.5. The van der Waals surface area contributed by atoms with Crippen LogP contribution in [0.2, 0.25) is 0 Å². The number of ether oxygens (including phenoxy) is 3. The summed E-state index contributed by atoms with van der Waals surface area (Å²) in [5.74, 6) is 0.115. The van der Waals surface area contributed by atoms with Crippen molar-refractivity contribution in [2.75, 3.05) is 20.8 Å². The van der Waals surface area contributed by atoms with E-state index in [1.54, 1.807) is 18.2 Å². The molecule has 4 heteroatoms. The van der Waals surface area contributed by atoms with Crippen LogP contribution in [0.15, 0.2) is 42.5 Å². The van der Waals surface area contributed by atoms with Gasteiger partial charge in [0.05, 0.1) is 24.4 Å². The van der Waals surface area contributed by atoms with Crippen LogP contribution in [-0.2, 0) is 6.37 Å². The Hall–Kier alpha value is -2.20. The topological polar surface area (TPSA) is 47.9 Å². The van der Waals surface area contributed by atoms with Crippen LogP contribution >= 0.6 is 0 Å². The van der Waals surface area contributed by atoms with Crippen LogP contribution in [0.4, 0.5) is 0 Å². The molecule has 2 aromatic rings. The van der Waals surface area contributed by atoms with E-state index in [1.807, 2.05) is 13.0 Å².